The zero-order valence-corrected chi connectivity index (χ0v) is 8.11. The minimum atomic E-state index is -1.08. The molecule has 0 saturated heterocycles. The molecular weight excluding hydrogens is 216 g/mol. The van der Waals surface area contributed by atoms with E-state index in [4.69, 9.17) is 10.4 Å². The Labute approximate surface area is 88.2 Å². The van der Waals surface area contributed by atoms with E-state index < -0.39 is 5.97 Å². The highest BCUT2D eigenvalue weighted by atomic mass is 32.1. The molecule has 0 aliphatic carbocycles. The topological polar surface area (TPSA) is 87.1 Å². The lowest BCUT2D eigenvalue weighted by molar-refractivity contribution is 0.0698. The van der Waals surface area contributed by atoms with E-state index >= 15 is 0 Å². The molecule has 0 spiro atoms. The van der Waals surface area contributed by atoms with Gasteiger partial charge >= 0.3 is 5.97 Å². The summed E-state index contributed by atoms with van der Waals surface area (Å²) < 4.78 is 4.62. The van der Waals surface area contributed by atoms with Crippen LogP contribution in [-0.4, -0.2) is 16.2 Å². The SMILES string of the molecule is N#Cc1scc(C(=O)O)c1-c1ccon1. The molecule has 2 rings (SSSR count). The zero-order valence-electron chi connectivity index (χ0n) is 7.30. The van der Waals surface area contributed by atoms with E-state index in [-0.39, 0.29) is 5.56 Å². The maximum atomic E-state index is 10.9. The molecule has 5 nitrogen and oxygen atoms in total. The first-order chi connectivity index (χ1) is 7.24. The number of rotatable bonds is 2. The van der Waals surface area contributed by atoms with Crippen LogP contribution in [0.1, 0.15) is 15.2 Å². The highest BCUT2D eigenvalue weighted by molar-refractivity contribution is 7.11. The number of hydrogen-bond donors (Lipinski definition) is 1. The number of aromatic carboxylic acids is 1. The summed E-state index contributed by atoms with van der Waals surface area (Å²) >= 11 is 1.08. The largest absolute Gasteiger partial charge is 0.478 e. The fourth-order valence-corrected chi connectivity index (χ4v) is 2.03. The van der Waals surface area contributed by atoms with Crippen LogP contribution in [0.4, 0.5) is 0 Å². The molecule has 2 aromatic heterocycles. The summed E-state index contributed by atoms with van der Waals surface area (Å²) in [4.78, 5) is 11.2. The van der Waals surface area contributed by atoms with Gasteiger partial charge in [-0.1, -0.05) is 5.16 Å². The van der Waals surface area contributed by atoms with E-state index in [9.17, 15) is 4.79 Å². The highest BCUT2D eigenvalue weighted by Gasteiger charge is 2.20. The van der Waals surface area contributed by atoms with E-state index in [1.165, 1.54) is 17.7 Å². The van der Waals surface area contributed by atoms with Crippen molar-refractivity contribution in [2.24, 2.45) is 0 Å². The lowest BCUT2D eigenvalue weighted by atomic mass is 10.1. The molecule has 0 aliphatic rings. The number of carboxylic acid groups (broad SMARTS) is 1. The molecule has 0 aliphatic heterocycles. The van der Waals surface area contributed by atoms with E-state index in [1.807, 2.05) is 6.07 Å². The molecule has 1 N–H and O–H groups in total. The van der Waals surface area contributed by atoms with Crippen LogP contribution in [0.2, 0.25) is 0 Å². The predicted molar refractivity (Wildman–Crippen MR) is 51.5 cm³/mol. The summed E-state index contributed by atoms with van der Waals surface area (Å²) in [6.45, 7) is 0. The van der Waals surface area contributed by atoms with Crippen LogP contribution >= 0.6 is 11.3 Å². The molecule has 0 unspecified atom stereocenters. The third-order valence-corrected chi connectivity index (χ3v) is 2.70. The molecule has 2 heterocycles. The summed E-state index contributed by atoms with van der Waals surface area (Å²) in [6, 6.07) is 3.46. The van der Waals surface area contributed by atoms with E-state index in [1.54, 1.807) is 0 Å². The average molecular weight is 220 g/mol. The van der Waals surface area contributed by atoms with Crippen LogP contribution in [-0.2, 0) is 0 Å². The second-order valence-electron chi connectivity index (χ2n) is 2.66. The third-order valence-electron chi connectivity index (χ3n) is 1.82. The van der Waals surface area contributed by atoms with E-state index in [0.717, 1.165) is 11.3 Å². The van der Waals surface area contributed by atoms with Crippen LogP contribution in [0.3, 0.4) is 0 Å². The first-order valence-electron chi connectivity index (χ1n) is 3.89. The second kappa shape index (κ2) is 3.55. The molecule has 0 amide bonds. The summed E-state index contributed by atoms with van der Waals surface area (Å²) in [5.41, 5.74) is 0.763. The summed E-state index contributed by atoms with van der Waals surface area (Å²) in [7, 11) is 0. The zero-order chi connectivity index (χ0) is 10.8. The smallest absolute Gasteiger partial charge is 0.337 e. The van der Waals surface area contributed by atoms with Gasteiger partial charge < -0.3 is 9.63 Å². The van der Waals surface area contributed by atoms with Gasteiger partial charge in [0.1, 0.15) is 22.9 Å². The molecular formula is C9H4N2O3S. The molecule has 2 aromatic rings. The maximum Gasteiger partial charge on any atom is 0.337 e. The molecule has 74 valence electrons. The third kappa shape index (κ3) is 1.49. The highest BCUT2D eigenvalue weighted by Crippen LogP contribution is 2.31. The molecule has 15 heavy (non-hydrogen) atoms. The Morgan fingerprint density at radius 1 is 1.67 bits per heavy atom. The molecule has 6 heteroatoms. The van der Waals surface area contributed by atoms with E-state index in [2.05, 4.69) is 9.68 Å². The van der Waals surface area contributed by atoms with Gasteiger partial charge in [0.2, 0.25) is 0 Å². The number of aromatic nitrogens is 1. The Bertz CT molecular complexity index is 536. The van der Waals surface area contributed by atoms with Crippen molar-refractivity contribution in [3.05, 3.63) is 28.2 Å². The number of nitriles is 1. The van der Waals surface area contributed by atoms with E-state index in [0.29, 0.717) is 16.1 Å². The van der Waals surface area contributed by atoms with Crippen molar-refractivity contribution in [2.45, 2.75) is 0 Å². The van der Waals surface area contributed by atoms with Crippen molar-refractivity contribution in [3.63, 3.8) is 0 Å². The first-order valence-corrected chi connectivity index (χ1v) is 4.77. The first kappa shape index (κ1) is 9.43. The fourth-order valence-electron chi connectivity index (χ4n) is 1.19. The predicted octanol–water partition coefficient (Wildman–Crippen LogP) is 1.97. The van der Waals surface area contributed by atoms with Crippen molar-refractivity contribution in [1.82, 2.24) is 5.16 Å². The van der Waals surface area contributed by atoms with Crippen LogP contribution in [0.15, 0.2) is 22.2 Å². The quantitative estimate of drug-likeness (QED) is 0.835. The Balaban J connectivity index is 2.67. The van der Waals surface area contributed by atoms with Crippen molar-refractivity contribution in [3.8, 4) is 17.3 Å². The second-order valence-corrected chi connectivity index (χ2v) is 3.53. The number of nitrogens with zero attached hydrogens (tertiary/aromatic N) is 2. The van der Waals surface area contributed by atoms with Gasteiger partial charge in [-0.15, -0.1) is 11.3 Å². The summed E-state index contributed by atoms with van der Waals surface area (Å²) in [5, 5.41) is 22.8. The fraction of sp³-hybridized carbons (Fsp3) is 0. The lowest BCUT2D eigenvalue weighted by Crippen LogP contribution is -1.96. The van der Waals surface area contributed by atoms with Gasteiger partial charge in [-0.3, -0.25) is 0 Å². The summed E-state index contributed by atoms with van der Waals surface area (Å²) in [6.07, 6.45) is 1.33. The molecule has 0 aromatic carbocycles. The minimum absolute atomic E-state index is 0.0745. The van der Waals surface area contributed by atoms with Crippen molar-refractivity contribution < 1.29 is 14.4 Å². The number of thiophene rings is 1. The van der Waals surface area contributed by atoms with Crippen LogP contribution < -0.4 is 0 Å². The van der Waals surface area contributed by atoms with Gasteiger partial charge in [0.25, 0.3) is 0 Å². The molecule has 0 radical (unpaired) electrons. The minimum Gasteiger partial charge on any atom is -0.478 e. The standard InChI is InChI=1S/C9H4N2O3S/c10-3-7-8(6-1-2-14-11-6)5(4-15-7)9(12)13/h1-2,4H,(H,12,13). The average Bonchev–Trinajstić information content (AvgIpc) is 2.85. The lowest BCUT2D eigenvalue weighted by Gasteiger charge is -1.94. The Morgan fingerprint density at radius 3 is 3.00 bits per heavy atom. The molecule has 0 saturated carbocycles. The van der Waals surface area contributed by atoms with Gasteiger partial charge in [-0.25, -0.2) is 4.79 Å². The number of hydrogen-bond acceptors (Lipinski definition) is 5. The van der Waals surface area contributed by atoms with Gasteiger partial charge in [-0.2, -0.15) is 5.26 Å². The number of carbonyl (C=O) groups is 1. The van der Waals surface area contributed by atoms with Crippen LogP contribution in [0, 0.1) is 11.3 Å². The summed E-state index contributed by atoms with van der Waals surface area (Å²) in [5.74, 6) is -1.08. The van der Waals surface area contributed by atoms with Gasteiger partial charge in [0.05, 0.1) is 5.56 Å². The molecule has 0 atom stereocenters. The van der Waals surface area contributed by atoms with Gasteiger partial charge in [0.15, 0.2) is 0 Å². The monoisotopic (exact) mass is 220 g/mol. The Kier molecular flexibility index (Phi) is 2.23. The van der Waals surface area contributed by atoms with Crippen molar-refractivity contribution >= 4 is 17.3 Å². The van der Waals surface area contributed by atoms with Crippen LogP contribution in [0.25, 0.3) is 11.3 Å². The number of carboxylic acids is 1. The van der Waals surface area contributed by atoms with Crippen molar-refractivity contribution in [1.29, 1.82) is 5.26 Å². The maximum absolute atomic E-state index is 10.9. The van der Waals surface area contributed by atoms with Crippen LogP contribution in [0.5, 0.6) is 0 Å². The molecule has 0 bridgehead atoms. The van der Waals surface area contributed by atoms with Crippen molar-refractivity contribution in [2.75, 3.05) is 0 Å². The van der Waals surface area contributed by atoms with Gasteiger partial charge in [0, 0.05) is 17.0 Å². The Hall–Kier alpha value is -2.13. The van der Waals surface area contributed by atoms with Gasteiger partial charge in [-0.05, 0) is 0 Å². The molecule has 0 fully saturated rings. The Morgan fingerprint density at radius 2 is 2.47 bits per heavy atom. The normalized spacial score (nSPS) is 9.80.